The lowest BCUT2D eigenvalue weighted by molar-refractivity contribution is -0.126. The average Bonchev–Trinajstić information content (AvgIpc) is 2.55. The molecule has 1 N–H and O–H groups in total. The summed E-state index contributed by atoms with van der Waals surface area (Å²) in [4.78, 5) is 14.6. The molecule has 1 aliphatic heterocycles. The highest BCUT2D eigenvalue weighted by Crippen LogP contribution is 2.22. The summed E-state index contributed by atoms with van der Waals surface area (Å²) in [5.74, 6) is 1.58. The molecular formula is C20H32N2O. The minimum Gasteiger partial charge on any atom is -0.355 e. The van der Waals surface area contributed by atoms with Crippen LogP contribution in [0.5, 0.6) is 0 Å². The molecule has 1 saturated heterocycles. The third-order valence-corrected chi connectivity index (χ3v) is 4.96. The number of hydrogen-bond donors (Lipinski definition) is 1. The van der Waals surface area contributed by atoms with E-state index in [1.807, 2.05) is 6.92 Å². The molecule has 128 valence electrons. The van der Waals surface area contributed by atoms with Gasteiger partial charge in [-0.3, -0.25) is 9.69 Å². The van der Waals surface area contributed by atoms with Crippen molar-refractivity contribution in [1.29, 1.82) is 0 Å². The standard InChI is InChI=1S/C20H32N2O/c1-16(2)9-12-21-20(23)17(3)22-13-10-19(11-14-22)15-18-7-5-4-6-8-18/h4-8,16-17,19H,9-15H2,1-3H3,(H,21,23). The number of nitrogens with zero attached hydrogens (tertiary/aromatic N) is 1. The van der Waals surface area contributed by atoms with E-state index in [-0.39, 0.29) is 11.9 Å². The van der Waals surface area contributed by atoms with Gasteiger partial charge in [0.1, 0.15) is 0 Å². The first-order chi connectivity index (χ1) is 11.1. The van der Waals surface area contributed by atoms with Crippen molar-refractivity contribution >= 4 is 5.91 Å². The molecule has 0 aliphatic carbocycles. The second kappa shape index (κ2) is 9.07. The molecule has 0 radical (unpaired) electrons. The fourth-order valence-electron chi connectivity index (χ4n) is 3.29. The third kappa shape index (κ3) is 5.98. The molecule has 1 atom stereocenters. The van der Waals surface area contributed by atoms with Crippen LogP contribution in [-0.2, 0) is 11.2 Å². The average molecular weight is 316 g/mol. The van der Waals surface area contributed by atoms with Crippen molar-refractivity contribution in [2.75, 3.05) is 19.6 Å². The highest BCUT2D eigenvalue weighted by molar-refractivity contribution is 5.81. The number of carbonyl (C=O) groups excluding carboxylic acids is 1. The maximum Gasteiger partial charge on any atom is 0.237 e. The monoisotopic (exact) mass is 316 g/mol. The van der Waals surface area contributed by atoms with Crippen molar-refractivity contribution in [3.8, 4) is 0 Å². The number of amides is 1. The summed E-state index contributed by atoms with van der Waals surface area (Å²) in [6.45, 7) is 9.29. The minimum atomic E-state index is -0.000150. The summed E-state index contributed by atoms with van der Waals surface area (Å²) in [6, 6.07) is 10.8. The van der Waals surface area contributed by atoms with Gasteiger partial charge >= 0.3 is 0 Å². The molecule has 0 spiro atoms. The molecule has 0 saturated carbocycles. The second-order valence-electron chi connectivity index (χ2n) is 7.32. The van der Waals surface area contributed by atoms with Crippen LogP contribution < -0.4 is 5.32 Å². The van der Waals surface area contributed by atoms with E-state index in [4.69, 9.17) is 0 Å². The lowest BCUT2D eigenvalue weighted by Gasteiger charge is -2.35. The number of benzene rings is 1. The lowest BCUT2D eigenvalue weighted by Crippen LogP contribution is -2.48. The van der Waals surface area contributed by atoms with Crippen molar-refractivity contribution in [2.45, 2.75) is 52.5 Å². The molecule has 23 heavy (non-hydrogen) atoms. The molecule has 1 aliphatic rings. The first kappa shape index (κ1) is 18.0. The quantitative estimate of drug-likeness (QED) is 0.835. The summed E-state index contributed by atoms with van der Waals surface area (Å²) < 4.78 is 0. The van der Waals surface area contributed by atoms with Crippen molar-refractivity contribution < 1.29 is 4.79 Å². The number of rotatable bonds is 7. The third-order valence-electron chi connectivity index (χ3n) is 4.96. The van der Waals surface area contributed by atoms with E-state index >= 15 is 0 Å². The normalized spacial score (nSPS) is 18.1. The second-order valence-corrected chi connectivity index (χ2v) is 7.32. The van der Waals surface area contributed by atoms with Crippen molar-refractivity contribution in [3.05, 3.63) is 35.9 Å². The first-order valence-electron chi connectivity index (χ1n) is 9.12. The van der Waals surface area contributed by atoms with Crippen LogP contribution in [0.3, 0.4) is 0 Å². The van der Waals surface area contributed by atoms with Crippen molar-refractivity contribution in [1.82, 2.24) is 10.2 Å². The van der Waals surface area contributed by atoms with Gasteiger partial charge in [0.25, 0.3) is 0 Å². The summed E-state index contributed by atoms with van der Waals surface area (Å²) >= 11 is 0. The molecule has 1 amide bonds. The van der Waals surface area contributed by atoms with E-state index < -0.39 is 0 Å². The van der Waals surface area contributed by atoms with Gasteiger partial charge in [0, 0.05) is 6.54 Å². The lowest BCUT2D eigenvalue weighted by atomic mass is 9.89. The van der Waals surface area contributed by atoms with Gasteiger partial charge in [-0.05, 0) is 63.1 Å². The molecule has 1 aromatic rings. The molecule has 0 bridgehead atoms. The predicted molar refractivity (Wildman–Crippen MR) is 96.4 cm³/mol. The van der Waals surface area contributed by atoms with Crippen LogP contribution in [0.2, 0.25) is 0 Å². The Labute approximate surface area is 141 Å². The van der Waals surface area contributed by atoms with Gasteiger partial charge in [-0.25, -0.2) is 0 Å². The number of likely N-dealkylation sites (tertiary alicyclic amines) is 1. The minimum absolute atomic E-state index is 0.000150. The van der Waals surface area contributed by atoms with Gasteiger partial charge in [0.2, 0.25) is 5.91 Å². The van der Waals surface area contributed by atoms with Gasteiger partial charge < -0.3 is 5.32 Å². The van der Waals surface area contributed by atoms with Crippen LogP contribution in [0, 0.1) is 11.8 Å². The Bertz CT molecular complexity index is 464. The van der Waals surface area contributed by atoms with Crippen LogP contribution in [-0.4, -0.2) is 36.5 Å². The zero-order valence-corrected chi connectivity index (χ0v) is 14.9. The van der Waals surface area contributed by atoms with Crippen molar-refractivity contribution in [2.24, 2.45) is 11.8 Å². The van der Waals surface area contributed by atoms with Crippen LogP contribution in [0.15, 0.2) is 30.3 Å². The number of carbonyl (C=O) groups is 1. The highest BCUT2D eigenvalue weighted by atomic mass is 16.2. The Kier molecular flexibility index (Phi) is 7.10. The molecule has 0 aromatic heterocycles. The van der Waals surface area contributed by atoms with E-state index in [1.165, 1.54) is 24.8 Å². The molecule has 1 aromatic carbocycles. The van der Waals surface area contributed by atoms with Gasteiger partial charge in [-0.15, -0.1) is 0 Å². The predicted octanol–water partition coefficient (Wildman–Crippen LogP) is 3.49. The van der Waals surface area contributed by atoms with E-state index in [2.05, 4.69) is 54.4 Å². The van der Waals surface area contributed by atoms with E-state index in [0.717, 1.165) is 32.0 Å². The van der Waals surface area contributed by atoms with Crippen LogP contribution in [0.25, 0.3) is 0 Å². The molecule has 1 fully saturated rings. The van der Waals surface area contributed by atoms with Crippen LogP contribution >= 0.6 is 0 Å². The molecule has 1 unspecified atom stereocenters. The highest BCUT2D eigenvalue weighted by Gasteiger charge is 2.26. The number of piperidine rings is 1. The Morgan fingerprint density at radius 2 is 1.83 bits per heavy atom. The first-order valence-corrected chi connectivity index (χ1v) is 9.12. The fraction of sp³-hybridized carbons (Fsp3) is 0.650. The Morgan fingerprint density at radius 3 is 2.43 bits per heavy atom. The van der Waals surface area contributed by atoms with Gasteiger partial charge in [0.05, 0.1) is 6.04 Å². The van der Waals surface area contributed by atoms with Crippen LogP contribution in [0.4, 0.5) is 0 Å². The van der Waals surface area contributed by atoms with Gasteiger partial charge in [-0.1, -0.05) is 44.2 Å². The Hall–Kier alpha value is -1.35. The zero-order chi connectivity index (χ0) is 16.7. The van der Waals surface area contributed by atoms with Crippen molar-refractivity contribution in [3.63, 3.8) is 0 Å². The van der Waals surface area contributed by atoms with Crippen LogP contribution in [0.1, 0.15) is 45.6 Å². The summed E-state index contributed by atoms with van der Waals surface area (Å²) in [6.07, 6.45) is 4.61. The van der Waals surface area contributed by atoms with E-state index in [0.29, 0.717) is 5.92 Å². The Balaban J connectivity index is 1.71. The van der Waals surface area contributed by atoms with E-state index in [9.17, 15) is 4.79 Å². The summed E-state index contributed by atoms with van der Waals surface area (Å²) in [5.41, 5.74) is 1.44. The largest absolute Gasteiger partial charge is 0.355 e. The SMILES string of the molecule is CC(C)CCNC(=O)C(C)N1CCC(Cc2ccccc2)CC1. The maximum atomic E-state index is 12.2. The molecular weight excluding hydrogens is 284 g/mol. The van der Waals surface area contributed by atoms with Gasteiger partial charge in [0.15, 0.2) is 0 Å². The molecule has 2 rings (SSSR count). The smallest absolute Gasteiger partial charge is 0.237 e. The van der Waals surface area contributed by atoms with E-state index in [1.54, 1.807) is 0 Å². The number of hydrogen-bond acceptors (Lipinski definition) is 2. The fourth-order valence-corrected chi connectivity index (χ4v) is 3.29. The number of nitrogens with one attached hydrogen (secondary N) is 1. The Morgan fingerprint density at radius 1 is 1.17 bits per heavy atom. The maximum absolute atomic E-state index is 12.2. The molecule has 3 heteroatoms. The summed E-state index contributed by atoms with van der Waals surface area (Å²) in [5, 5.41) is 3.08. The zero-order valence-electron chi connectivity index (χ0n) is 14.9. The topological polar surface area (TPSA) is 32.3 Å². The van der Waals surface area contributed by atoms with Gasteiger partial charge in [-0.2, -0.15) is 0 Å². The summed E-state index contributed by atoms with van der Waals surface area (Å²) in [7, 11) is 0. The molecule has 1 heterocycles. The molecule has 3 nitrogen and oxygen atoms in total.